The average molecular weight is 436 g/mol. The summed E-state index contributed by atoms with van der Waals surface area (Å²) >= 11 is 6.22. The minimum Gasteiger partial charge on any atom is -0.383 e. The van der Waals surface area contributed by atoms with Crippen molar-refractivity contribution < 1.29 is 9.59 Å². The number of halogens is 1. The monoisotopic (exact) mass is 435 g/mol. The van der Waals surface area contributed by atoms with E-state index in [0.29, 0.717) is 21.6 Å². The van der Waals surface area contributed by atoms with Crippen LogP contribution in [0.2, 0.25) is 5.02 Å². The molecule has 0 aliphatic rings. The number of anilines is 2. The molecule has 4 aromatic rings. The first kappa shape index (κ1) is 20.3. The van der Waals surface area contributed by atoms with Gasteiger partial charge in [0.2, 0.25) is 0 Å². The number of hydrogen-bond donors (Lipinski definition) is 3. The van der Waals surface area contributed by atoms with Crippen LogP contribution in [0.3, 0.4) is 0 Å². The number of H-pyrrole nitrogens is 1. The SMILES string of the molecule is Nc1ncc(NC(=O)C(=O)N(Cc2ccccc2)Cc2ncccc2Cl)c2n[nH]cc12. The van der Waals surface area contributed by atoms with Gasteiger partial charge in [-0.3, -0.25) is 19.7 Å². The van der Waals surface area contributed by atoms with Gasteiger partial charge in [-0.15, -0.1) is 0 Å². The van der Waals surface area contributed by atoms with Crippen molar-refractivity contribution in [2.45, 2.75) is 13.1 Å². The van der Waals surface area contributed by atoms with Crippen LogP contribution in [0.4, 0.5) is 11.5 Å². The van der Waals surface area contributed by atoms with E-state index >= 15 is 0 Å². The maximum atomic E-state index is 13.1. The molecule has 0 unspecified atom stereocenters. The van der Waals surface area contributed by atoms with Crippen LogP contribution in [-0.2, 0) is 22.7 Å². The van der Waals surface area contributed by atoms with E-state index < -0.39 is 11.8 Å². The molecule has 0 spiro atoms. The maximum absolute atomic E-state index is 13.1. The van der Waals surface area contributed by atoms with Crippen molar-refractivity contribution >= 4 is 45.8 Å². The van der Waals surface area contributed by atoms with Gasteiger partial charge in [0.15, 0.2) is 0 Å². The lowest BCUT2D eigenvalue weighted by Crippen LogP contribution is -2.39. The number of carbonyl (C=O) groups is 2. The summed E-state index contributed by atoms with van der Waals surface area (Å²) in [6, 6.07) is 12.7. The van der Waals surface area contributed by atoms with Crippen molar-refractivity contribution in [3.8, 4) is 0 Å². The summed E-state index contributed by atoms with van der Waals surface area (Å²) in [4.78, 5) is 35.5. The van der Waals surface area contributed by atoms with E-state index in [1.807, 2.05) is 30.3 Å². The zero-order valence-corrected chi connectivity index (χ0v) is 17.0. The summed E-state index contributed by atoms with van der Waals surface area (Å²) in [5.74, 6) is -1.31. The maximum Gasteiger partial charge on any atom is 0.314 e. The number of nitrogens with one attached hydrogen (secondary N) is 2. The Morgan fingerprint density at radius 2 is 1.90 bits per heavy atom. The van der Waals surface area contributed by atoms with Gasteiger partial charge in [0.1, 0.15) is 11.3 Å². The topological polar surface area (TPSA) is 130 Å². The normalized spacial score (nSPS) is 10.7. The molecule has 0 aliphatic carbocycles. The predicted octanol–water partition coefficient (Wildman–Crippen LogP) is 2.76. The summed E-state index contributed by atoms with van der Waals surface area (Å²) in [5.41, 5.74) is 7.86. The number of pyridine rings is 2. The van der Waals surface area contributed by atoms with Crippen LogP contribution in [0.5, 0.6) is 0 Å². The molecule has 4 rings (SSSR count). The lowest BCUT2D eigenvalue weighted by Gasteiger charge is -2.22. The third-order valence-corrected chi connectivity index (χ3v) is 4.97. The Labute approximate surface area is 182 Å². The molecule has 3 heterocycles. The van der Waals surface area contributed by atoms with Crippen LogP contribution in [0.25, 0.3) is 10.9 Å². The molecule has 3 aromatic heterocycles. The highest BCUT2D eigenvalue weighted by atomic mass is 35.5. The second kappa shape index (κ2) is 8.80. The van der Waals surface area contributed by atoms with Crippen molar-refractivity contribution in [2.75, 3.05) is 11.1 Å². The number of benzene rings is 1. The van der Waals surface area contributed by atoms with Crippen molar-refractivity contribution in [3.05, 3.63) is 77.3 Å². The zero-order valence-electron chi connectivity index (χ0n) is 16.2. The molecular weight excluding hydrogens is 418 g/mol. The molecule has 0 bridgehead atoms. The highest BCUT2D eigenvalue weighted by Crippen LogP contribution is 2.24. The van der Waals surface area contributed by atoms with Gasteiger partial charge in [0.05, 0.1) is 34.5 Å². The second-order valence-electron chi connectivity index (χ2n) is 6.74. The predicted molar refractivity (Wildman–Crippen MR) is 117 cm³/mol. The fourth-order valence-corrected chi connectivity index (χ4v) is 3.27. The van der Waals surface area contributed by atoms with Gasteiger partial charge in [-0.2, -0.15) is 5.10 Å². The number of aromatic amines is 1. The van der Waals surface area contributed by atoms with E-state index in [-0.39, 0.29) is 24.6 Å². The van der Waals surface area contributed by atoms with E-state index in [1.165, 1.54) is 11.1 Å². The number of nitrogens with zero attached hydrogens (tertiary/aromatic N) is 4. The first-order chi connectivity index (χ1) is 15.0. The molecule has 9 nitrogen and oxygen atoms in total. The number of fused-ring (bicyclic) bond motifs is 1. The number of aromatic nitrogens is 4. The summed E-state index contributed by atoms with van der Waals surface area (Å²) in [5, 5.41) is 10.3. The third-order valence-electron chi connectivity index (χ3n) is 4.63. The number of nitrogens with two attached hydrogens (primary N) is 1. The molecule has 10 heteroatoms. The number of amides is 2. The molecule has 156 valence electrons. The Balaban J connectivity index is 1.59. The smallest absolute Gasteiger partial charge is 0.314 e. The second-order valence-corrected chi connectivity index (χ2v) is 7.14. The lowest BCUT2D eigenvalue weighted by molar-refractivity contribution is -0.144. The quantitative estimate of drug-likeness (QED) is 0.413. The molecule has 0 aliphatic heterocycles. The van der Waals surface area contributed by atoms with Crippen molar-refractivity contribution in [1.82, 2.24) is 25.1 Å². The number of nitrogen functional groups attached to an aromatic ring is 1. The average Bonchev–Trinajstić information content (AvgIpc) is 3.28. The van der Waals surface area contributed by atoms with Crippen molar-refractivity contribution in [3.63, 3.8) is 0 Å². The third kappa shape index (κ3) is 4.46. The lowest BCUT2D eigenvalue weighted by atomic mass is 10.2. The Morgan fingerprint density at radius 3 is 2.68 bits per heavy atom. The minimum absolute atomic E-state index is 0.0681. The molecule has 31 heavy (non-hydrogen) atoms. The van der Waals surface area contributed by atoms with Crippen molar-refractivity contribution in [2.24, 2.45) is 0 Å². The Hall–Kier alpha value is -3.98. The standard InChI is InChI=1S/C21H18ClN7O2/c22-15-7-4-8-24-17(15)12-29(11-13-5-2-1-3-6-13)21(31)20(30)27-16-10-25-19(23)14-9-26-28-18(14)16/h1-10H,11-12H2,(H2,23,25)(H,26,28)(H,27,30). The number of rotatable bonds is 5. The zero-order chi connectivity index (χ0) is 21.8. The van der Waals surface area contributed by atoms with Gasteiger partial charge in [-0.25, -0.2) is 4.98 Å². The van der Waals surface area contributed by atoms with E-state index in [2.05, 4.69) is 25.5 Å². The molecule has 0 saturated carbocycles. The van der Waals surface area contributed by atoms with Crippen LogP contribution >= 0.6 is 11.6 Å². The molecule has 0 saturated heterocycles. The first-order valence-corrected chi connectivity index (χ1v) is 9.72. The van der Waals surface area contributed by atoms with E-state index in [9.17, 15) is 9.59 Å². The van der Waals surface area contributed by atoms with Gasteiger partial charge >= 0.3 is 11.8 Å². The highest BCUT2D eigenvalue weighted by Gasteiger charge is 2.25. The van der Waals surface area contributed by atoms with Crippen molar-refractivity contribution in [1.29, 1.82) is 0 Å². The molecule has 0 radical (unpaired) electrons. The molecule has 1 aromatic carbocycles. The number of carbonyl (C=O) groups excluding carboxylic acids is 2. The number of hydrogen-bond acceptors (Lipinski definition) is 6. The molecular formula is C21H18ClN7O2. The van der Waals surface area contributed by atoms with Crippen LogP contribution in [0.1, 0.15) is 11.3 Å². The summed E-state index contributed by atoms with van der Waals surface area (Å²) in [6.45, 7) is 0.274. The van der Waals surface area contributed by atoms with Crippen LogP contribution < -0.4 is 11.1 Å². The Kier molecular flexibility index (Phi) is 5.76. The van der Waals surface area contributed by atoms with Crippen LogP contribution in [0.15, 0.2) is 61.1 Å². The van der Waals surface area contributed by atoms with Gasteiger partial charge in [0.25, 0.3) is 0 Å². The molecule has 4 N–H and O–H groups in total. The van der Waals surface area contributed by atoms with Crippen LogP contribution in [-0.4, -0.2) is 36.9 Å². The fourth-order valence-electron chi connectivity index (χ4n) is 3.08. The van der Waals surface area contributed by atoms with Gasteiger partial charge in [-0.1, -0.05) is 41.9 Å². The summed E-state index contributed by atoms with van der Waals surface area (Å²) < 4.78 is 0. The fraction of sp³-hybridized carbons (Fsp3) is 0.0952. The highest BCUT2D eigenvalue weighted by molar-refractivity contribution is 6.40. The molecule has 0 fully saturated rings. The van der Waals surface area contributed by atoms with E-state index in [4.69, 9.17) is 17.3 Å². The first-order valence-electron chi connectivity index (χ1n) is 9.34. The van der Waals surface area contributed by atoms with Crippen LogP contribution in [0, 0.1) is 0 Å². The van der Waals surface area contributed by atoms with E-state index in [0.717, 1.165) is 5.56 Å². The van der Waals surface area contributed by atoms with Gasteiger partial charge in [-0.05, 0) is 17.7 Å². The largest absolute Gasteiger partial charge is 0.383 e. The molecule has 2 amide bonds. The van der Waals surface area contributed by atoms with Gasteiger partial charge in [0, 0.05) is 18.9 Å². The minimum atomic E-state index is -0.834. The summed E-state index contributed by atoms with van der Waals surface area (Å²) in [6.07, 6.45) is 4.52. The van der Waals surface area contributed by atoms with E-state index in [1.54, 1.807) is 24.5 Å². The Morgan fingerprint density at radius 1 is 1.10 bits per heavy atom. The Bertz CT molecular complexity index is 1240. The molecule has 0 atom stereocenters. The summed E-state index contributed by atoms with van der Waals surface area (Å²) in [7, 11) is 0. The van der Waals surface area contributed by atoms with Gasteiger partial charge < -0.3 is 16.0 Å².